The van der Waals surface area contributed by atoms with Crippen LogP contribution in [-0.2, 0) is 0 Å². The molecule has 0 saturated heterocycles. The van der Waals surface area contributed by atoms with Crippen LogP contribution in [0.2, 0.25) is 0 Å². The lowest BCUT2D eigenvalue weighted by Crippen LogP contribution is -2.18. The molecule has 0 aliphatic carbocycles. The molecule has 0 atom stereocenters. The second kappa shape index (κ2) is 6.25. The number of benzene rings is 1. The molecule has 0 bridgehead atoms. The second-order valence-electron chi connectivity index (χ2n) is 3.33. The van der Waals surface area contributed by atoms with Crippen molar-refractivity contribution < 1.29 is 27.8 Å². The first-order valence-electron chi connectivity index (χ1n) is 5.04. The zero-order valence-corrected chi connectivity index (χ0v) is 9.97. The van der Waals surface area contributed by atoms with Gasteiger partial charge < -0.3 is 9.84 Å². The van der Waals surface area contributed by atoms with E-state index >= 15 is 0 Å². The number of nitrogens with zero attached hydrogens (tertiary/aromatic N) is 3. The summed E-state index contributed by atoms with van der Waals surface area (Å²) in [6.45, 7) is 0. The average molecular weight is 298 g/mol. The first kappa shape index (κ1) is 15.8. The first-order valence-corrected chi connectivity index (χ1v) is 5.04. The molecule has 0 unspecified atom stereocenters. The van der Waals surface area contributed by atoms with Gasteiger partial charge in [-0.15, -0.1) is 13.2 Å². The number of carboxylic acids is 1. The zero-order valence-electron chi connectivity index (χ0n) is 9.97. The summed E-state index contributed by atoms with van der Waals surface area (Å²) in [5, 5.41) is 29.0. The van der Waals surface area contributed by atoms with Gasteiger partial charge in [0.25, 0.3) is 0 Å². The smallest absolute Gasteiger partial charge is 0.478 e. The van der Waals surface area contributed by atoms with Crippen LogP contribution in [0.15, 0.2) is 23.3 Å². The molecule has 21 heavy (non-hydrogen) atoms. The van der Waals surface area contributed by atoms with Crippen LogP contribution in [0, 0.1) is 22.7 Å². The molecule has 0 aromatic heterocycles. The summed E-state index contributed by atoms with van der Waals surface area (Å²) in [5.74, 6) is -2.41. The third-order valence-electron chi connectivity index (χ3n) is 1.97. The average Bonchev–Trinajstić information content (AvgIpc) is 2.39. The molecular weight excluding hydrogens is 293 g/mol. The van der Waals surface area contributed by atoms with Gasteiger partial charge in [0.15, 0.2) is 5.75 Å². The summed E-state index contributed by atoms with van der Waals surface area (Å²) in [6, 6.07) is 5.60. The molecule has 0 amide bonds. The standard InChI is InChI=1S/C11H5F3N4O3/c12-11(13,14)21-8-3-1-2-7(10(19)20)9(8)18-17-6(4-15)5-16/h1-3,18H,(H,19,20). The van der Waals surface area contributed by atoms with Gasteiger partial charge >= 0.3 is 12.3 Å². The van der Waals surface area contributed by atoms with Crippen molar-refractivity contribution in [2.45, 2.75) is 6.36 Å². The van der Waals surface area contributed by atoms with Gasteiger partial charge in [-0.3, -0.25) is 5.43 Å². The SMILES string of the molecule is N#CC(C#N)=NNc1c(OC(F)(F)F)cccc1C(=O)O. The van der Waals surface area contributed by atoms with E-state index in [1.807, 2.05) is 5.43 Å². The molecule has 0 aliphatic rings. The number of ether oxygens (including phenoxy) is 1. The first-order chi connectivity index (χ1) is 9.78. The number of halogens is 3. The minimum atomic E-state index is -5.05. The molecule has 0 saturated carbocycles. The van der Waals surface area contributed by atoms with E-state index in [0.29, 0.717) is 0 Å². The fraction of sp³-hybridized carbons (Fsp3) is 0.0909. The predicted octanol–water partition coefficient (Wildman–Crippen LogP) is 2.10. The highest BCUT2D eigenvalue weighted by atomic mass is 19.4. The van der Waals surface area contributed by atoms with Gasteiger partial charge in [-0.25, -0.2) is 4.79 Å². The van der Waals surface area contributed by atoms with Crippen molar-refractivity contribution in [1.29, 1.82) is 10.5 Å². The number of carbonyl (C=O) groups is 1. The number of alkyl halides is 3. The zero-order chi connectivity index (χ0) is 16.0. The van der Waals surface area contributed by atoms with Gasteiger partial charge in [-0.2, -0.15) is 15.6 Å². The van der Waals surface area contributed by atoms with Crippen molar-refractivity contribution >= 4 is 17.4 Å². The molecule has 108 valence electrons. The highest BCUT2D eigenvalue weighted by Gasteiger charge is 2.33. The van der Waals surface area contributed by atoms with E-state index in [-0.39, 0.29) is 0 Å². The summed E-state index contributed by atoms with van der Waals surface area (Å²) in [5.41, 5.74) is 0.0167. The maximum atomic E-state index is 12.2. The van der Waals surface area contributed by atoms with Crippen LogP contribution in [0.3, 0.4) is 0 Å². The number of hydrogen-bond donors (Lipinski definition) is 2. The van der Waals surface area contributed by atoms with Crippen LogP contribution in [0.4, 0.5) is 18.9 Å². The number of para-hydroxylation sites is 1. The minimum Gasteiger partial charge on any atom is -0.478 e. The van der Waals surface area contributed by atoms with Crippen LogP contribution in [0.1, 0.15) is 10.4 Å². The van der Waals surface area contributed by atoms with E-state index in [4.69, 9.17) is 15.6 Å². The minimum absolute atomic E-state index is 0.573. The summed E-state index contributed by atoms with van der Waals surface area (Å²) in [6.07, 6.45) is -5.05. The van der Waals surface area contributed by atoms with E-state index in [1.54, 1.807) is 0 Å². The third kappa shape index (κ3) is 4.40. The Morgan fingerprint density at radius 2 is 1.95 bits per heavy atom. The molecule has 0 heterocycles. The summed E-state index contributed by atoms with van der Waals surface area (Å²) in [7, 11) is 0. The fourth-order valence-corrected chi connectivity index (χ4v) is 1.22. The molecular formula is C11H5F3N4O3. The number of hydrazone groups is 1. The van der Waals surface area contributed by atoms with Gasteiger partial charge in [0, 0.05) is 0 Å². The van der Waals surface area contributed by atoms with E-state index in [2.05, 4.69) is 9.84 Å². The Kier molecular flexibility index (Phi) is 4.70. The maximum Gasteiger partial charge on any atom is 0.573 e. The van der Waals surface area contributed by atoms with Crippen LogP contribution < -0.4 is 10.2 Å². The van der Waals surface area contributed by atoms with Gasteiger partial charge in [-0.05, 0) is 12.1 Å². The van der Waals surface area contributed by atoms with Crippen molar-refractivity contribution in [1.82, 2.24) is 0 Å². The Labute approximate surface area is 115 Å². The molecule has 7 nitrogen and oxygen atoms in total. The van der Waals surface area contributed by atoms with Crippen LogP contribution in [-0.4, -0.2) is 23.1 Å². The maximum absolute atomic E-state index is 12.2. The molecule has 10 heteroatoms. The van der Waals surface area contributed by atoms with E-state index < -0.39 is 35.0 Å². The lowest BCUT2D eigenvalue weighted by atomic mass is 10.1. The number of rotatable bonds is 4. The lowest BCUT2D eigenvalue weighted by molar-refractivity contribution is -0.274. The molecule has 0 radical (unpaired) electrons. The number of anilines is 1. The number of nitrogens with one attached hydrogen (secondary N) is 1. The lowest BCUT2D eigenvalue weighted by Gasteiger charge is -2.14. The Hall–Kier alpha value is -3.27. The second-order valence-corrected chi connectivity index (χ2v) is 3.33. The molecule has 1 aromatic carbocycles. The molecule has 1 rings (SSSR count). The Bertz CT molecular complexity index is 655. The van der Waals surface area contributed by atoms with Crippen molar-refractivity contribution in [3.8, 4) is 17.9 Å². The normalized spacial score (nSPS) is 9.95. The van der Waals surface area contributed by atoms with E-state index in [1.165, 1.54) is 12.1 Å². The van der Waals surface area contributed by atoms with E-state index in [9.17, 15) is 18.0 Å². The topological polar surface area (TPSA) is 119 Å². The fourth-order valence-electron chi connectivity index (χ4n) is 1.22. The highest BCUT2D eigenvalue weighted by molar-refractivity contribution is 6.10. The Morgan fingerprint density at radius 1 is 1.33 bits per heavy atom. The van der Waals surface area contributed by atoms with E-state index in [0.717, 1.165) is 18.2 Å². The van der Waals surface area contributed by atoms with Crippen molar-refractivity contribution in [2.24, 2.45) is 5.10 Å². The predicted molar refractivity (Wildman–Crippen MR) is 62.4 cm³/mol. The van der Waals surface area contributed by atoms with Gasteiger partial charge in [0.1, 0.15) is 17.8 Å². The van der Waals surface area contributed by atoms with Crippen molar-refractivity contribution in [3.63, 3.8) is 0 Å². The molecule has 2 N–H and O–H groups in total. The molecule has 0 spiro atoms. The van der Waals surface area contributed by atoms with Crippen molar-refractivity contribution in [2.75, 3.05) is 5.43 Å². The Morgan fingerprint density at radius 3 is 2.43 bits per heavy atom. The quantitative estimate of drug-likeness (QED) is 0.649. The number of nitriles is 2. The van der Waals surface area contributed by atoms with Crippen LogP contribution in [0.25, 0.3) is 0 Å². The number of aromatic carboxylic acids is 1. The molecule has 0 aliphatic heterocycles. The molecule has 1 aromatic rings. The summed E-state index contributed by atoms with van der Waals surface area (Å²) < 4.78 is 40.4. The number of carboxylic acid groups (broad SMARTS) is 1. The monoisotopic (exact) mass is 298 g/mol. The van der Waals surface area contributed by atoms with Crippen LogP contribution in [0.5, 0.6) is 5.75 Å². The van der Waals surface area contributed by atoms with Gasteiger partial charge in [-0.1, -0.05) is 6.07 Å². The van der Waals surface area contributed by atoms with Gasteiger partial charge in [0.05, 0.1) is 5.56 Å². The highest BCUT2D eigenvalue weighted by Crippen LogP contribution is 2.33. The number of hydrogen-bond acceptors (Lipinski definition) is 6. The summed E-state index contributed by atoms with van der Waals surface area (Å²) >= 11 is 0. The van der Waals surface area contributed by atoms with Crippen LogP contribution >= 0.6 is 0 Å². The summed E-state index contributed by atoms with van der Waals surface area (Å²) in [4.78, 5) is 11.0. The molecule has 0 fully saturated rings. The largest absolute Gasteiger partial charge is 0.573 e. The third-order valence-corrected chi connectivity index (χ3v) is 1.97. The Balaban J connectivity index is 3.31. The van der Waals surface area contributed by atoms with Gasteiger partial charge in [0.2, 0.25) is 5.71 Å². The van der Waals surface area contributed by atoms with Crippen molar-refractivity contribution in [3.05, 3.63) is 23.8 Å².